The van der Waals surface area contributed by atoms with Gasteiger partial charge in [0.1, 0.15) is 0 Å². The van der Waals surface area contributed by atoms with Crippen LogP contribution in [0.5, 0.6) is 0 Å². The molecule has 6 nitrogen and oxygen atoms in total. The summed E-state index contributed by atoms with van der Waals surface area (Å²) in [6, 6.07) is 13.2. The first-order chi connectivity index (χ1) is 13.2. The minimum absolute atomic E-state index is 0.166. The summed E-state index contributed by atoms with van der Waals surface area (Å²) in [4.78, 5) is 16.9. The summed E-state index contributed by atoms with van der Waals surface area (Å²) in [5, 5.41) is 15.0. The van der Waals surface area contributed by atoms with E-state index in [-0.39, 0.29) is 12.5 Å². The number of nitrogens with one attached hydrogen (secondary N) is 1. The molecule has 0 saturated carbocycles. The van der Waals surface area contributed by atoms with Gasteiger partial charge >= 0.3 is 7.12 Å². The second-order valence-corrected chi connectivity index (χ2v) is 6.65. The van der Waals surface area contributed by atoms with Crippen molar-refractivity contribution in [2.24, 2.45) is 5.73 Å². The Morgan fingerprint density at radius 1 is 1.26 bits per heavy atom. The molecule has 0 radical (unpaired) electrons. The Kier molecular flexibility index (Phi) is 4.89. The maximum atomic E-state index is 12.8. The number of carbonyl (C=O) groups is 1. The first-order valence-corrected chi connectivity index (χ1v) is 8.93. The van der Waals surface area contributed by atoms with E-state index < -0.39 is 13.0 Å². The van der Waals surface area contributed by atoms with Crippen molar-refractivity contribution in [3.63, 3.8) is 0 Å². The van der Waals surface area contributed by atoms with Crippen molar-refractivity contribution in [1.29, 1.82) is 0 Å². The monoisotopic (exact) mass is 361 g/mol. The molecule has 0 saturated heterocycles. The van der Waals surface area contributed by atoms with Crippen LogP contribution >= 0.6 is 0 Å². The topological polar surface area (TPSA) is 97.5 Å². The largest absolute Gasteiger partial charge is 0.491 e. The number of benzene rings is 2. The Morgan fingerprint density at radius 3 is 3.00 bits per heavy atom. The number of hydrogen-bond donors (Lipinski definition) is 3. The lowest BCUT2D eigenvalue weighted by molar-refractivity contribution is -0.117. The average molecular weight is 361 g/mol. The molecule has 1 unspecified atom stereocenters. The van der Waals surface area contributed by atoms with Gasteiger partial charge in [0.05, 0.1) is 5.92 Å². The van der Waals surface area contributed by atoms with Crippen molar-refractivity contribution in [2.75, 3.05) is 18.5 Å². The number of aromatic nitrogens is 1. The van der Waals surface area contributed by atoms with Crippen LogP contribution in [0.15, 0.2) is 54.9 Å². The summed E-state index contributed by atoms with van der Waals surface area (Å²) in [6.45, 7) is 0.658. The highest BCUT2D eigenvalue weighted by Crippen LogP contribution is 2.22. The van der Waals surface area contributed by atoms with Crippen molar-refractivity contribution in [1.82, 2.24) is 4.98 Å². The smallest absolute Gasteiger partial charge is 0.423 e. The third-order valence-corrected chi connectivity index (χ3v) is 4.95. The zero-order chi connectivity index (χ0) is 18.8. The van der Waals surface area contributed by atoms with Crippen molar-refractivity contribution in [2.45, 2.75) is 12.3 Å². The molecule has 1 amide bonds. The normalized spacial score (nSPS) is 14.7. The molecule has 1 aromatic heterocycles. The molecule has 27 heavy (non-hydrogen) atoms. The zero-order valence-electron chi connectivity index (χ0n) is 14.8. The molecule has 2 heterocycles. The lowest BCUT2D eigenvalue weighted by Crippen LogP contribution is -2.42. The molecule has 1 atom stereocenters. The molecular weight excluding hydrogens is 341 g/mol. The Hall–Kier alpha value is -2.74. The van der Waals surface area contributed by atoms with Crippen LogP contribution in [0, 0.1) is 0 Å². The second kappa shape index (κ2) is 7.48. The first-order valence-electron chi connectivity index (χ1n) is 8.93. The zero-order valence-corrected chi connectivity index (χ0v) is 14.8. The molecule has 7 heteroatoms. The fourth-order valence-corrected chi connectivity index (χ4v) is 3.44. The van der Waals surface area contributed by atoms with Crippen molar-refractivity contribution < 1.29 is 14.5 Å². The molecule has 0 aliphatic carbocycles. The number of anilines is 1. The summed E-state index contributed by atoms with van der Waals surface area (Å²) in [5.74, 6) is -0.699. The summed E-state index contributed by atoms with van der Waals surface area (Å²) < 4.78 is 5.29. The van der Waals surface area contributed by atoms with Gasteiger partial charge in [-0.15, -0.1) is 0 Å². The highest BCUT2D eigenvalue weighted by molar-refractivity contribution is 6.60. The van der Waals surface area contributed by atoms with E-state index in [4.69, 9.17) is 10.4 Å². The van der Waals surface area contributed by atoms with Gasteiger partial charge in [0, 0.05) is 36.6 Å². The van der Waals surface area contributed by atoms with E-state index in [1.165, 1.54) is 0 Å². The van der Waals surface area contributed by atoms with E-state index in [0.717, 1.165) is 28.3 Å². The van der Waals surface area contributed by atoms with Crippen LogP contribution < -0.4 is 16.5 Å². The standard InChI is InChI=1S/C20H20BN3O3/c22-11-18(15-2-1-13-6-8-27-21(26)19(13)10-15)20(25)24-17-4-3-16-12-23-7-5-14(16)9-17/h1-5,7,9-10,12,18,26H,6,8,11,22H2,(H,24,25). The summed E-state index contributed by atoms with van der Waals surface area (Å²) in [6.07, 6.45) is 4.25. The van der Waals surface area contributed by atoms with Gasteiger partial charge in [0.15, 0.2) is 0 Å². The van der Waals surface area contributed by atoms with E-state index in [1.54, 1.807) is 12.4 Å². The molecule has 4 N–H and O–H groups in total. The van der Waals surface area contributed by atoms with Gasteiger partial charge < -0.3 is 20.7 Å². The summed E-state index contributed by atoms with van der Waals surface area (Å²) in [5.41, 5.74) is 9.12. The number of nitrogens with two attached hydrogens (primary N) is 1. The molecule has 2 aromatic carbocycles. The number of pyridine rings is 1. The molecule has 0 fully saturated rings. The van der Waals surface area contributed by atoms with Crippen LogP contribution in [0.4, 0.5) is 5.69 Å². The molecule has 1 aliphatic rings. The molecule has 136 valence electrons. The Balaban J connectivity index is 1.58. The molecule has 0 spiro atoms. The molecule has 3 aromatic rings. The molecular formula is C20H20BN3O3. The van der Waals surface area contributed by atoms with Gasteiger partial charge in [-0.2, -0.15) is 0 Å². The lowest BCUT2D eigenvalue weighted by atomic mass is 9.72. The third kappa shape index (κ3) is 3.57. The number of carbonyl (C=O) groups excluding carboxylic acids is 1. The minimum atomic E-state index is -0.954. The van der Waals surface area contributed by atoms with Crippen LogP contribution in [0.25, 0.3) is 10.8 Å². The highest BCUT2D eigenvalue weighted by atomic mass is 16.5. The van der Waals surface area contributed by atoms with E-state index in [0.29, 0.717) is 17.8 Å². The van der Waals surface area contributed by atoms with Gasteiger partial charge in [0.25, 0.3) is 0 Å². The summed E-state index contributed by atoms with van der Waals surface area (Å²) in [7, 11) is -0.954. The van der Waals surface area contributed by atoms with Gasteiger partial charge in [-0.1, -0.05) is 24.3 Å². The van der Waals surface area contributed by atoms with Gasteiger partial charge in [-0.3, -0.25) is 9.78 Å². The van der Waals surface area contributed by atoms with Crippen molar-refractivity contribution >= 4 is 34.9 Å². The Morgan fingerprint density at radius 2 is 2.15 bits per heavy atom. The highest BCUT2D eigenvalue weighted by Gasteiger charge is 2.27. The fraction of sp³-hybridized carbons (Fsp3) is 0.200. The quantitative estimate of drug-likeness (QED) is 0.607. The van der Waals surface area contributed by atoms with Crippen LogP contribution in [0.3, 0.4) is 0 Å². The van der Waals surface area contributed by atoms with Gasteiger partial charge in [-0.05, 0) is 46.6 Å². The van der Waals surface area contributed by atoms with Crippen LogP contribution in [-0.4, -0.2) is 36.2 Å². The average Bonchev–Trinajstić information content (AvgIpc) is 2.69. The second-order valence-electron chi connectivity index (χ2n) is 6.65. The fourth-order valence-electron chi connectivity index (χ4n) is 3.44. The Bertz CT molecular complexity index is 995. The number of nitrogens with zero attached hydrogens (tertiary/aromatic N) is 1. The minimum Gasteiger partial charge on any atom is -0.423 e. The predicted octanol–water partition coefficient (Wildman–Crippen LogP) is 1.18. The number of fused-ring (bicyclic) bond motifs is 2. The first kappa shape index (κ1) is 17.7. The van der Waals surface area contributed by atoms with Crippen LogP contribution in [-0.2, 0) is 15.9 Å². The van der Waals surface area contributed by atoms with E-state index in [1.807, 2.05) is 42.5 Å². The SMILES string of the molecule is NCC(C(=O)Nc1ccc2cnccc2c1)c1ccc2c(c1)B(O)OCC2. The van der Waals surface area contributed by atoms with Crippen molar-refractivity contribution in [3.8, 4) is 0 Å². The predicted molar refractivity (Wildman–Crippen MR) is 106 cm³/mol. The molecule has 4 rings (SSSR count). The van der Waals surface area contributed by atoms with E-state index in [2.05, 4.69) is 10.3 Å². The number of amides is 1. The lowest BCUT2D eigenvalue weighted by Gasteiger charge is -2.22. The molecule has 0 bridgehead atoms. The third-order valence-electron chi connectivity index (χ3n) is 4.95. The maximum absolute atomic E-state index is 12.8. The number of rotatable bonds is 4. The van der Waals surface area contributed by atoms with Crippen molar-refractivity contribution in [3.05, 3.63) is 66.0 Å². The molecule has 1 aliphatic heterocycles. The van der Waals surface area contributed by atoms with Crippen LogP contribution in [0.2, 0.25) is 0 Å². The van der Waals surface area contributed by atoms with E-state index >= 15 is 0 Å². The number of hydrogen-bond acceptors (Lipinski definition) is 5. The maximum Gasteiger partial charge on any atom is 0.491 e. The Labute approximate surface area is 157 Å². The van der Waals surface area contributed by atoms with Gasteiger partial charge in [-0.25, -0.2) is 0 Å². The van der Waals surface area contributed by atoms with Crippen LogP contribution in [0.1, 0.15) is 17.0 Å². The van der Waals surface area contributed by atoms with E-state index in [9.17, 15) is 9.82 Å². The summed E-state index contributed by atoms with van der Waals surface area (Å²) >= 11 is 0. The van der Waals surface area contributed by atoms with Gasteiger partial charge in [0.2, 0.25) is 5.91 Å².